The van der Waals surface area contributed by atoms with Gasteiger partial charge in [0.25, 0.3) is 0 Å². The van der Waals surface area contributed by atoms with Gasteiger partial charge >= 0.3 is 0 Å². The Kier molecular flexibility index (Phi) is 4.40. The fraction of sp³-hybridized carbons (Fsp3) is 0.571. The van der Waals surface area contributed by atoms with E-state index in [1.165, 1.54) is 0 Å². The van der Waals surface area contributed by atoms with Crippen LogP contribution in [0.5, 0.6) is 11.5 Å². The lowest BCUT2D eigenvalue weighted by atomic mass is 9.80. The molecule has 0 bridgehead atoms. The summed E-state index contributed by atoms with van der Waals surface area (Å²) < 4.78 is 10.8. The van der Waals surface area contributed by atoms with Crippen LogP contribution in [0.4, 0.5) is 0 Å². The zero-order chi connectivity index (χ0) is 13.1. The van der Waals surface area contributed by atoms with E-state index in [0.29, 0.717) is 6.61 Å². The topological polar surface area (TPSA) is 44.5 Å². The summed E-state index contributed by atoms with van der Waals surface area (Å²) >= 11 is 0. The van der Waals surface area contributed by atoms with Crippen molar-refractivity contribution in [3.8, 4) is 11.5 Å². The summed E-state index contributed by atoms with van der Waals surface area (Å²) in [6.45, 7) is 8.88. The highest BCUT2D eigenvalue weighted by Gasteiger charge is 2.34. The molecule has 3 nitrogen and oxygen atoms in total. The van der Waals surface area contributed by atoms with Crippen LogP contribution in [0.25, 0.3) is 0 Å². The van der Waals surface area contributed by atoms with Gasteiger partial charge in [-0.25, -0.2) is 0 Å². The van der Waals surface area contributed by atoms with Gasteiger partial charge in [-0.1, -0.05) is 33.8 Å². The largest absolute Gasteiger partial charge is 0.497 e. The molecule has 1 aliphatic heterocycles. The van der Waals surface area contributed by atoms with Gasteiger partial charge < -0.3 is 15.2 Å². The number of ether oxygens (including phenoxy) is 2. The molecule has 0 spiro atoms. The van der Waals surface area contributed by atoms with Crippen molar-refractivity contribution >= 4 is 0 Å². The molecule has 17 heavy (non-hydrogen) atoms. The van der Waals surface area contributed by atoms with Crippen molar-refractivity contribution in [2.45, 2.75) is 33.7 Å². The minimum absolute atomic E-state index is 0.0123. The molecule has 0 radical (unpaired) electrons. The molecule has 1 heterocycles. The molecular weight excluding hydrogens is 214 g/mol. The van der Waals surface area contributed by atoms with Crippen LogP contribution in [0.3, 0.4) is 0 Å². The van der Waals surface area contributed by atoms with Crippen molar-refractivity contribution in [1.82, 2.24) is 0 Å². The van der Waals surface area contributed by atoms with E-state index in [4.69, 9.17) is 15.2 Å². The summed E-state index contributed by atoms with van der Waals surface area (Å²) in [6, 6.07) is 5.82. The van der Waals surface area contributed by atoms with Crippen LogP contribution in [-0.2, 0) is 0 Å². The number of hydrogen-bond acceptors (Lipinski definition) is 3. The van der Waals surface area contributed by atoms with Crippen molar-refractivity contribution in [1.29, 1.82) is 0 Å². The third-order valence-corrected chi connectivity index (χ3v) is 3.00. The zero-order valence-corrected chi connectivity index (χ0v) is 11.4. The van der Waals surface area contributed by atoms with Crippen molar-refractivity contribution in [2.75, 3.05) is 13.7 Å². The number of rotatable bonds is 1. The number of benzene rings is 1. The Hall–Kier alpha value is -1.22. The van der Waals surface area contributed by atoms with Crippen LogP contribution < -0.4 is 15.2 Å². The molecular formula is C14H23NO2. The summed E-state index contributed by atoms with van der Waals surface area (Å²) in [5.41, 5.74) is 7.24. The maximum Gasteiger partial charge on any atom is 0.127 e. The fourth-order valence-corrected chi connectivity index (χ4v) is 1.80. The second kappa shape index (κ2) is 5.41. The van der Waals surface area contributed by atoms with Gasteiger partial charge in [0.05, 0.1) is 13.7 Å². The molecule has 1 aliphatic rings. The van der Waals surface area contributed by atoms with E-state index in [0.717, 1.165) is 17.1 Å². The Labute approximate surface area is 104 Å². The Balaban J connectivity index is 0.000000686. The van der Waals surface area contributed by atoms with Gasteiger partial charge in [-0.15, -0.1) is 0 Å². The number of nitrogens with two attached hydrogens (primary N) is 1. The molecule has 0 saturated heterocycles. The summed E-state index contributed by atoms with van der Waals surface area (Å²) in [5.74, 6) is 1.65. The van der Waals surface area contributed by atoms with E-state index in [-0.39, 0.29) is 11.5 Å². The summed E-state index contributed by atoms with van der Waals surface area (Å²) in [7, 11) is 1.65. The lowest BCUT2D eigenvalue weighted by molar-refractivity contribution is 0.122. The van der Waals surface area contributed by atoms with E-state index in [2.05, 4.69) is 13.8 Å². The second-order valence-corrected chi connectivity index (χ2v) is 4.66. The molecule has 1 aromatic rings. The van der Waals surface area contributed by atoms with Crippen molar-refractivity contribution in [3.63, 3.8) is 0 Å². The highest BCUT2D eigenvalue weighted by Crippen LogP contribution is 2.42. The van der Waals surface area contributed by atoms with E-state index in [1.54, 1.807) is 7.11 Å². The van der Waals surface area contributed by atoms with E-state index < -0.39 is 0 Å². The average molecular weight is 237 g/mol. The highest BCUT2D eigenvalue weighted by molar-refractivity contribution is 5.44. The van der Waals surface area contributed by atoms with Gasteiger partial charge in [0.2, 0.25) is 0 Å². The molecule has 0 fully saturated rings. The van der Waals surface area contributed by atoms with Crippen LogP contribution >= 0.6 is 0 Å². The normalized spacial score (nSPS) is 20.5. The molecule has 1 unspecified atom stereocenters. The lowest BCUT2D eigenvalue weighted by Crippen LogP contribution is -2.38. The zero-order valence-electron chi connectivity index (χ0n) is 11.4. The molecule has 96 valence electrons. The van der Waals surface area contributed by atoms with Crippen molar-refractivity contribution < 1.29 is 9.47 Å². The van der Waals surface area contributed by atoms with Gasteiger partial charge in [0, 0.05) is 23.1 Å². The number of fused-ring (bicyclic) bond motifs is 1. The molecule has 0 aliphatic carbocycles. The second-order valence-electron chi connectivity index (χ2n) is 4.66. The highest BCUT2D eigenvalue weighted by atomic mass is 16.5. The fourth-order valence-electron chi connectivity index (χ4n) is 1.80. The van der Waals surface area contributed by atoms with E-state index in [1.807, 2.05) is 32.0 Å². The maximum atomic E-state index is 6.19. The van der Waals surface area contributed by atoms with Gasteiger partial charge in [0.15, 0.2) is 0 Å². The summed E-state index contributed by atoms with van der Waals surface area (Å²) in [5, 5.41) is 0. The lowest BCUT2D eigenvalue weighted by Gasteiger charge is -2.37. The molecule has 0 saturated carbocycles. The quantitative estimate of drug-likeness (QED) is 0.816. The maximum absolute atomic E-state index is 6.19. The third kappa shape index (κ3) is 2.72. The number of methoxy groups -OCH3 is 1. The average Bonchev–Trinajstić information content (AvgIpc) is 2.36. The number of hydrogen-bond donors (Lipinski definition) is 1. The van der Waals surface area contributed by atoms with Crippen LogP contribution in [0, 0.1) is 5.41 Å². The Bertz CT molecular complexity index is 374. The van der Waals surface area contributed by atoms with Gasteiger partial charge in [-0.3, -0.25) is 0 Å². The van der Waals surface area contributed by atoms with Crippen LogP contribution in [-0.4, -0.2) is 13.7 Å². The van der Waals surface area contributed by atoms with Crippen LogP contribution in [0.1, 0.15) is 39.3 Å². The monoisotopic (exact) mass is 237 g/mol. The van der Waals surface area contributed by atoms with E-state index in [9.17, 15) is 0 Å². The van der Waals surface area contributed by atoms with Gasteiger partial charge in [0.1, 0.15) is 11.5 Å². The minimum atomic E-state index is -0.0123. The molecule has 1 atom stereocenters. The first-order valence-electron chi connectivity index (χ1n) is 6.11. The smallest absolute Gasteiger partial charge is 0.127 e. The minimum Gasteiger partial charge on any atom is -0.497 e. The van der Waals surface area contributed by atoms with E-state index >= 15 is 0 Å². The molecule has 0 aromatic heterocycles. The summed E-state index contributed by atoms with van der Waals surface area (Å²) in [4.78, 5) is 0. The Morgan fingerprint density at radius 2 is 2.00 bits per heavy atom. The Morgan fingerprint density at radius 3 is 2.59 bits per heavy atom. The first-order chi connectivity index (χ1) is 8.04. The predicted molar refractivity (Wildman–Crippen MR) is 70.5 cm³/mol. The predicted octanol–water partition coefficient (Wildman–Crippen LogP) is 3.14. The summed E-state index contributed by atoms with van der Waals surface area (Å²) in [6.07, 6.45) is 0. The standard InChI is InChI=1S/C12H17NO2.C2H6/c1-12(2)7-15-10-6-8(14-3)4-5-9(10)11(12)13;1-2/h4-6,11H,7,13H2,1-3H3;1-2H3. The first-order valence-corrected chi connectivity index (χ1v) is 6.11. The molecule has 3 heteroatoms. The van der Waals surface area contributed by atoms with Crippen LogP contribution in [0.15, 0.2) is 18.2 Å². The SMILES string of the molecule is CC.COc1ccc2c(c1)OCC(C)(C)C2N. The van der Waals surface area contributed by atoms with Crippen molar-refractivity contribution in [3.05, 3.63) is 23.8 Å². The Morgan fingerprint density at radius 1 is 1.35 bits per heavy atom. The first kappa shape index (κ1) is 13.8. The van der Waals surface area contributed by atoms with Crippen LogP contribution in [0.2, 0.25) is 0 Å². The molecule has 1 aromatic carbocycles. The van der Waals surface area contributed by atoms with Gasteiger partial charge in [-0.05, 0) is 6.07 Å². The van der Waals surface area contributed by atoms with Gasteiger partial charge in [-0.2, -0.15) is 0 Å². The molecule has 2 N–H and O–H groups in total. The third-order valence-electron chi connectivity index (χ3n) is 3.00. The van der Waals surface area contributed by atoms with Crippen molar-refractivity contribution in [2.24, 2.45) is 11.1 Å². The molecule has 0 amide bonds. The molecule has 2 rings (SSSR count).